The molecule has 94 valence electrons. The van der Waals surface area contributed by atoms with Crippen molar-refractivity contribution in [2.75, 3.05) is 24.8 Å². The molecule has 1 unspecified atom stereocenters. The molecule has 1 aromatic carbocycles. The van der Waals surface area contributed by atoms with Crippen LogP contribution in [0.2, 0.25) is 0 Å². The number of amides is 1. The van der Waals surface area contributed by atoms with Gasteiger partial charge in [0, 0.05) is 24.5 Å². The normalized spacial score (nSPS) is 12.1. The number of carbonyl (C=O) groups is 1. The number of hydrogen-bond acceptors (Lipinski definition) is 4. The molecular weight excluding hydrogens is 218 g/mol. The molecule has 0 aromatic heterocycles. The average molecular weight is 237 g/mol. The van der Waals surface area contributed by atoms with E-state index in [0.29, 0.717) is 23.5 Å². The van der Waals surface area contributed by atoms with Crippen LogP contribution >= 0.6 is 0 Å². The van der Waals surface area contributed by atoms with Gasteiger partial charge in [0.25, 0.3) is 5.91 Å². The first-order valence-corrected chi connectivity index (χ1v) is 5.53. The standard InChI is InChI=1S/C12H19N3O2/c1-3-9(7-17-2)15-11-5-4-8(13)6-10(11)12(14)16/h4-6,9,15H,3,7,13H2,1-2H3,(H2,14,16). The third-order valence-corrected chi connectivity index (χ3v) is 2.53. The van der Waals surface area contributed by atoms with Crippen LogP contribution in [-0.2, 0) is 4.74 Å². The lowest BCUT2D eigenvalue weighted by atomic mass is 10.1. The number of nitrogen functional groups attached to an aromatic ring is 1. The van der Waals surface area contributed by atoms with Crippen LogP contribution in [0.15, 0.2) is 18.2 Å². The second-order valence-electron chi connectivity index (χ2n) is 3.87. The molecule has 5 N–H and O–H groups in total. The van der Waals surface area contributed by atoms with Crippen molar-refractivity contribution in [1.82, 2.24) is 0 Å². The Labute approximate surface area is 101 Å². The van der Waals surface area contributed by atoms with Crippen LogP contribution in [-0.4, -0.2) is 25.7 Å². The van der Waals surface area contributed by atoms with Crippen LogP contribution < -0.4 is 16.8 Å². The Morgan fingerprint density at radius 3 is 2.76 bits per heavy atom. The first-order chi connectivity index (χ1) is 8.08. The van der Waals surface area contributed by atoms with Crippen LogP contribution in [0.3, 0.4) is 0 Å². The van der Waals surface area contributed by atoms with Crippen molar-refractivity contribution in [2.24, 2.45) is 5.73 Å². The number of nitrogens with one attached hydrogen (secondary N) is 1. The summed E-state index contributed by atoms with van der Waals surface area (Å²) < 4.78 is 5.09. The number of rotatable bonds is 6. The molecule has 5 nitrogen and oxygen atoms in total. The highest BCUT2D eigenvalue weighted by atomic mass is 16.5. The van der Waals surface area contributed by atoms with Crippen LogP contribution in [0.1, 0.15) is 23.7 Å². The minimum absolute atomic E-state index is 0.140. The predicted molar refractivity (Wildman–Crippen MR) is 69.0 cm³/mol. The SMILES string of the molecule is CCC(COC)Nc1ccc(N)cc1C(N)=O. The Bertz CT molecular complexity index is 393. The maximum Gasteiger partial charge on any atom is 0.250 e. The summed E-state index contributed by atoms with van der Waals surface area (Å²) >= 11 is 0. The molecule has 0 fully saturated rings. The molecule has 0 radical (unpaired) electrons. The lowest BCUT2D eigenvalue weighted by Crippen LogP contribution is -2.26. The predicted octanol–water partition coefficient (Wildman–Crippen LogP) is 1.20. The van der Waals surface area contributed by atoms with Gasteiger partial charge < -0.3 is 21.5 Å². The molecule has 0 saturated carbocycles. The summed E-state index contributed by atoms with van der Waals surface area (Å²) in [6.45, 7) is 2.61. The van der Waals surface area contributed by atoms with Gasteiger partial charge in [-0.15, -0.1) is 0 Å². The summed E-state index contributed by atoms with van der Waals surface area (Å²) in [6, 6.07) is 5.20. The van der Waals surface area contributed by atoms with E-state index in [-0.39, 0.29) is 6.04 Å². The van der Waals surface area contributed by atoms with Gasteiger partial charge in [0.1, 0.15) is 0 Å². The molecule has 1 atom stereocenters. The van der Waals surface area contributed by atoms with Gasteiger partial charge >= 0.3 is 0 Å². The molecule has 0 saturated heterocycles. The highest BCUT2D eigenvalue weighted by Crippen LogP contribution is 2.19. The molecule has 0 aliphatic rings. The molecule has 5 heteroatoms. The topological polar surface area (TPSA) is 90.4 Å². The van der Waals surface area contributed by atoms with Crippen molar-refractivity contribution in [2.45, 2.75) is 19.4 Å². The van der Waals surface area contributed by atoms with E-state index in [0.717, 1.165) is 6.42 Å². The Morgan fingerprint density at radius 2 is 2.24 bits per heavy atom. The summed E-state index contributed by atoms with van der Waals surface area (Å²) in [4.78, 5) is 11.3. The molecular formula is C12H19N3O2. The highest BCUT2D eigenvalue weighted by molar-refractivity contribution is 5.99. The van der Waals surface area contributed by atoms with Crippen LogP contribution in [0.4, 0.5) is 11.4 Å². The van der Waals surface area contributed by atoms with Crippen LogP contribution in [0.25, 0.3) is 0 Å². The Hall–Kier alpha value is -1.75. The lowest BCUT2D eigenvalue weighted by Gasteiger charge is -2.19. The highest BCUT2D eigenvalue weighted by Gasteiger charge is 2.12. The van der Waals surface area contributed by atoms with E-state index in [4.69, 9.17) is 16.2 Å². The van der Waals surface area contributed by atoms with Crippen molar-refractivity contribution in [3.8, 4) is 0 Å². The van der Waals surface area contributed by atoms with Gasteiger partial charge in [-0.2, -0.15) is 0 Å². The van der Waals surface area contributed by atoms with Gasteiger partial charge in [-0.05, 0) is 24.6 Å². The maximum absolute atomic E-state index is 11.3. The molecule has 0 aliphatic carbocycles. The minimum Gasteiger partial charge on any atom is -0.399 e. The van der Waals surface area contributed by atoms with Gasteiger partial charge in [0.15, 0.2) is 0 Å². The molecule has 1 rings (SSSR count). The smallest absolute Gasteiger partial charge is 0.250 e. The van der Waals surface area contributed by atoms with E-state index in [1.165, 1.54) is 0 Å². The van der Waals surface area contributed by atoms with E-state index in [1.807, 2.05) is 6.92 Å². The van der Waals surface area contributed by atoms with Gasteiger partial charge in [0.2, 0.25) is 0 Å². The zero-order chi connectivity index (χ0) is 12.8. The molecule has 0 spiro atoms. The summed E-state index contributed by atoms with van der Waals surface area (Å²) in [5.74, 6) is -0.493. The van der Waals surface area contributed by atoms with Crippen LogP contribution in [0.5, 0.6) is 0 Å². The summed E-state index contributed by atoms with van der Waals surface area (Å²) in [5, 5.41) is 3.23. The number of hydrogen-bond donors (Lipinski definition) is 3. The summed E-state index contributed by atoms with van der Waals surface area (Å²) in [5.41, 5.74) is 12.5. The fourth-order valence-electron chi connectivity index (χ4n) is 1.57. The summed E-state index contributed by atoms with van der Waals surface area (Å²) in [7, 11) is 1.64. The molecule has 1 aromatic rings. The second kappa shape index (κ2) is 6.10. The average Bonchev–Trinajstić information content (AvgIpc) is 2.30. The number of methoxy groups -OCH3 is 1. The Balaban J connectivity index is 2.92. The van der Waals surface area contributed by atoms with Crippen molar-refractivity contribution in [1.29, 1.82) is 0 Å². The van der Waals surface area contributed by atoms with Crippen molar-refractivity contribution in [3.63, 3.8) is 0 Å². The van der Waals surface area contributed by atoms with Gasteiger partial charge in [-0.1, -0.05) is 6.92 Å². The molecule has 0 aliphatic heterocycles. The van der Waals surface area contributed by atoms with Crippen LogP contribution in [0, 0.1) is 0 Å². The number of nitrogens with two attached hydrogens (primary N) is 2. The molecule has 0 bridgehead atoms. The fourth-order valence-corrected chi connectivity index (χ4v) is 1.57. The monoisotopic (exact) mass is 237 g/mol. The lowest BCUT2D eigenvalue weighted by molar-refractivity contribution is 0.100. The van der Waals surface area contributed by atoms with Crippen molar-refractivity contribution >= 4 is 17.3 Å². The first kappa shape index (κ1) is 13.3. The maximum atomic E-state index is 11.3. The number of carbonyl (C=O) groups excluding carboxylic acids is 1. The van der Waals surface area contributed by atoms with E-state index in [1.54, 1.807) is 25.3 Å². The van der Waals surface area contributed by atoms with Gasteiger partial charge in [-0.25, -0.2) is 0 Å². The number of benzene rings is 1. The van der Waals surface area contributed by atoms with E-state index in [9.17, 15) is 4.79 Å². The quantitative estimate of drug-likeness (QED) is 0.648. The van der Waals surface area contributed by atoms with Gasteiger partial charge in [-0.3, -0.25) is 4.79 Å². The van der Waals surface area contributed by atoms with E-state index >= 15 is 0 Å². The molecule has 1 amide bonds. The number of primary amides is 1. The minimum atomic E-state index is -0.493. The number of ether oxygens (including phenoxy) is 1. The van der Waals surface area contributed by atoms with E-state index in [2.05, 4.69) is 5.32 Å². The largest absolute Gasteiger partial charge is 0.399 e. The van der Waals surface area contributed by atoms with Crippen molar-refractivity contribution in [3.05, 3.63) is 23.8 Å². The number of anilines is 2. The Morgan fingerprint density at radius 1 is 1.53 bits per heavy atom. The second-order valence-corrected chi connectivity index (χ2v) is 3.87. The first-order valence-electron chi connectivity index (χ1n) is 5.53. The summed E-state index contributed by atoms with van der Waals surface area (Å²) in [6.07, 6.45) is 0.885. The zero-order valence-electron chi connectivity index (χ0n) is 10.2. The third kappa shape index (κ3) is 3.64. The van der Waals surface area contributed by atoms with Gasteiger partial charge in [0.05, 0.1) is 12.2 Å². The van der Waals surface area contributed by atoms with E-state index < -0.39 is 5.91 Å². The molecule has 0 heterocycles. The fraction of sp³-hybridized carbons (Fsp3) is 0.417. The Kier molecular flexibility index (Phi) is 4.78. The third-order valence-electron chi connectivity index (χ3n) is 2.53. The zero-order valence-corrected chi connectivity index (χ0v) is 10.2. The van der Waals surface area contributed by atoms with Crippen molar-refractivity contribution < 1.29 is 9.53 Å². The molecule has 17 heavy (non-hydrogen) atoms.